The number of unbranched alkanes of at least 4 members (excludes halogenated alkanes) is 58. The van der Waals surface area contributed by atoms with E-state index in [1.807, 2.05) is 0 Å². The molecule has 0 radical (unpaired) electrons. The monoisotopic (exact) mass is 1550 g/mol. The Labute approximate surface area is 651 Å². The number of carbonyl (C=O) groups excluding carboxylic acids is 4. The third kappa shape index (κ3) is 78.7. The maximum Gasteiger partial charge on any atom is 0.472 e. The van der Waals surface area contributed by atoms with Crippen LogP contribution in [0.25, 0.3) is 0 Å². The van der Waals surface area contributed by atoms with Crippen molar-refractivity contribution < 1.29 is 80.2 Å². The minimum absolute atomic E-state index is 0.109. The van der Waals surface area contributed by atoms with Crippen LogP contribution in [0.4, 0.5) is 0 Å². The van der Waals surface area contributed by atoms with E-state index in [0.717, 1.165) is 95.8 Å². The molecule has 630 valence electrons. The maximum absolute atomic E-state index is 13.1. The van der Waals surface area contributed by atoms with Gasteiger partial charge >= 0.3 is 39.5 Å². The third-order valence-corrected chi connectivity index (χ3v) is 22.8. The molecule has 6 atom stereocenters. The van der Waals surface area contributed by atoms with Crippen LogP contribution in [0.1, 0.15) is 471 Å². The molecule has 0 bridgehead atoms. The number of phosphoric acid groups is 2. The molecule has 0 aromatic carbocycles. The van der Waals surface area contributed by atoms with Gasteiger partial charge in [0.05, 0.1) is 26.4 Å². The molecule has 0 aliphatic carbocycles. The zero-order chi connectivity index (χ0) is 77.6. The van der Waals surface area contributed by atoms with Crippen molar-refractivity contribution in [1.82, 2.24) is 0 Å². The molecule has 19 heteroatoms. The molecule has 106 heavy (non-hydrogen) atoms. The Morgan fingerprint density at radius 1 is 0.264 bits per heavy atom. The molecular weight excluding hydrogens is 1380 g/mol. The SMILES string of the molecule is CCCCCCCCCCCCCCCCCCCCCCC(=O)OC[C@H](COP(=O)(O)OC[C@@H](O)COP(=O)(O)OC[C@@H](COC(=O)CCCCCCCCCC)OC(=O)CCCCCCCCCCCCCCCCCC)OC(=O)CCCCCCCCCCCCCCCCCCCCC(C)CC. The summed E-state index contributed by atoms with van der Waals surface area (Å²) >= 11 is 0. The summed E-state index contributed by atoms with van der Waals surface area (Å²) in [6.45, 7) is 7.41. The highest BCUT2D eigenvalue weighted by Gasteiger charge is 2.30. The van der Waals surface area contributed by atoms with E-state index in [1.165, 1.54) is 295 Å². The summed E-state index contributed by atoms with van der Waals surface area (Å²) in [6.07, 6.45) is 73.7. The van der Waals surface area contributed by atoms with Gasteiger partial charge in [0.25, 0.3) is 0 Å². The first-order chi connectivity index (χ1) is 51.6. The van der Waals surface area contributed by atoms with Crippen LogP contribution in [-0.2, 0) is 65.4 Å². The first-order valence-electron chi connectivity index (χ1n) is 45.2. The van der Waals surface area contributed by atoms with E-state index in [0.29, 0.717) is 25.7 Å². The molecule has 0 rings (SSSR count). The zero-order valence-electron chi connectivity index (χ0n) is 69.6. The number of aliphatic hydroxyl groups excluding tert-OH is 1. The van der Waals surface area contributed by atoms with Gasteiger partial charge in [-0.2, -0.15) is 0 Å². The van der Waals surface area contributed by atoms with E-state index in [-0.39, 0.29) is 25.7 Å². The smallest absolute Gasteiger partial charge is 0.462 e. The van der Waals surface area contributed by atoms with E-state index in [1.54, 1.807) is 0 Å². The summed E-state index contributed by atoms with van der Waals surface area (Å²) in [6, 6.07) is 0. The third-order valence-electron chi connectivity index (χ3n) is 20.9. The largest absolute Gasteiger partial charge is 0.472 e. The summed E-state index contributed by atoms with van der Waals surface area (Å²) in [5.41, 5.74) is 0. The zero-order valence-corrected chi connectivity index (χ0v) is 71.4. The van der Waals surface area contributed by atoms with Gasteiger partial charge in [-0.25, -0.2) is 9.13 Å². The number of phosphoric ester groups is 2. The van der Waals surface area contributed by atoms with Crippen LogP contribution >= 0.6 is 15.6 Å². The standard InChI is InChI=1S/C87H170O17P2/c1-6-10-13-16-19-22-24-26-28-30-31-32-36-40-43-47-51-56-61-66-71-85(90)98-77-83(104-87(92)73-68-63-58-53-49-45-41-37-34-33-35-38-42-46-50-54-59-64-69-80(5)9-4)79-102-106(95,96)100-75-81(88)74-99-105(93,94)101-78-82(76-97-84(89)70-65-60-55-21-18-15-12-8-3)103-86(91)72-67-62-57-52-48-44-39-29-27-25-23-20-17-14-11-7-2/h80-83,88H,6-79H2,1-5H3,(H,93,94)(H,95,96)/t80?,81-,82+,83+/m0/s1. The van der Waals surface area contributed by atoms with Gasteiger partial charge in [0, 0.05) is 25.7 Å². The maximum atomic E-state index is 13.1. The van der Waals surface area contributed by atoms with Crippen LogP contribution in [0.15, 0.2) is 0 Å². The van der Waals surface area contributed by atoms with Gasteiger partial charge in [-0.1, -0.05) is 420 Å². The molecule has 0 aromatic rings. The molecule has 17 nitrogen and oxygen atoms in total. The first-order valence-corrected chi connectivity index (χ1v) is 48.2. The van der Waals surface area contributed by atoms with Crippen molar-refractivity contribution >= 4 is 39.5 Å². The van der Waals surface area contributed by atoms with Crippen molar-refractivity contribution in [2.45, 2.75) is 490 Å². The molecule has 0 aromatic heterocycles. The van der Waals surface area contributed by atoms with E-state index in [2.05, 4.69) is 34.6 Å². The second-order valence-electron chi connectivity index (χ2n) is 31.5. The molecule has 0 saturated carbocycles. The number of ether oxygens (including phenoxy) is 4. The van der Waals surface area contributed by atoms with Crippen molar-refractivity contribution in [3.05, 3.63) is 0 Å². The average Bonchev–Trinajstić information content (AvgIpc) is 0.916. The lowest BCUT2D eigenvalue weighted by molar-refractivity contribution is -0.161. The van der Waals surface area contributed by atoms with Crippen LogP contribution < -0.4 is 0 Å². The van der Waals surface area contributed by atoms with Crippen LogP contribution in [0.2, 0.25) is 0 Å². The van der Waals surface area contributed by atoms with Gasteiger partial charge < -0.3 is 33.8 Å². The molecular formula is C87H170O17P2. The Morgan fingerprint density at radius 2 is 0.453 bits per heavy atom. The van der Waals surface area contributed by atoms with Gasteiger partial charge in [-0.15, -0.1) is 0 Å². The summed E-state index contributed by atoms with van der Waals surface area (Å²) in [4.78, 5) is 73.1. The summed E-state index contributed by atoms with van der Waals surface area (Å²) in [5, 5.41) is 10.7. The Balaban J connectivity index is 5.18. The van der Waals surface area contributed by atoms with Crippen molar-refractivity contribution in [3.8, 4) is 0 Å². The summed E-state index contributed by atoms with van der Waals surface area (Å²) < 4.78 is 68.8. The van der Waals surface area contributed by atoms with E-state index in [4.69, 9.17) is 37.0 Å². The molecule has 0 aliphatic heterocycles. The quantitative estimate of drug-likeness (QED) is 0.0222. The Hall–Kier alpha value is -1.94. The van der Waals surface area contributed by atoms with Gasteiger partial charge in [0.1, 0.15) is 19.3 Å². The highest BCUT2D eigenvalue weighted by Crippen LogP contribution is 2.45. The lowest BCUT2D eigenvalue weighted by Crippen LogP contribution is -2.30. The Morgan fingerprint density at radius 3 is 0.670 bits per heavy atom. The highest BCUT2D eigenvalue weighted by molar-refractivity contribution is 7.47. The molecule has 0 aliphatic rings. The molecule has 0 saturated heterocycles. The van der Waals surface area contributed by atoms with Gasteiger partial charge in [0.2, 0.25) is 0 Å². The highest BCUT2D eigenvalue weighted by atomic mass is 31.2. The lowest BCUT2D eigenvalue weighted by atomic mass is 9.99. The summed E-state index contributed by atoms with van der Waals surface area (Å²) in [5.74, 6) is -1.23. The Bertz CT molecular complexity index is 2020. The fraction of sp³-hybridized carbons (Fsp3) is 0.954. The minimum Gasteiger partial charge on any atom is -0.462 e. The average molecular weight is 1550 g/mol. The molecule has 3 unspecified atom stereocenters. The topological polar surface area (TPSA) is 237 Å². The fourth-order valence-corrected chi connectivity index (χ4v) is 15.2. The molecule has 0 fully saturated rings. The van der Waals surface area contributed by atoms with Crippen LogP contribution in [0.5, 0.6) is 0 Å². The number of hydrogen-bond donors (Lipinski definition) is 3. The van der Waals surface area contributed by atoms with Crippen molar-refractivity contribution in [3.63, 3.8) is 0 Å². The van der Waals surface area contributed by atoms with E-state index in [9.17, 15) is 43.2 Å². The van der Waals surface area contributed by atoms with Crippen LogP contribution in [0.3, 0.4) is 0 Å². The van der Waals surface area contributed by atoms with Gasteiger partial charge in [-0.05, 0) is 31.6 Å². The second kappa shape index (κ2) is 79.7. The predicted molar refractivity (Wildman–Crippen MR) is 437 cm³/mol. The number of hydrogen-bond acceptors (Lipinski definition) is 15. The van der Waals surface area contributed by atoms with Crippen LogP contribution in [0, 0.1) is 5.92 Å². The molecule has 3 N–H and O–H groups in total. The Kier molecular flexibility index (Phi) is 78.2. The van der Waals surface area contributed by atoms with Crippen molar-refractivity contribution in [1.29, 1.82) is 0 Å². The number of esters is 4. The minimum atomic E-state index is -4.97. The van der Waals surface area contributed by atoms with E-state index < -0.39 is 97.5 Å². The van der Waals surface area contributed by atoms with E-state index >= 15 is 0 Å². The summed E-state index contributed by atoms with van der Waals surface area (Å²) in [7, 11) is -9.92. The number of aliphatic hydroxyl groups is 1. The van der Waals surface area contributed by atoms with Crippen LogP contribution in [-0.4, -0.2) is 96.7 Å². The molecule has 0 spiro atoms. The van der Waals surface area contributed by atoms with Gasteiger partial charge in [-0.3, -0.25) is 37.3 Å². The predicted octanol–water partition coefficient (Wildman–Crippen LogP) is 26.8. The number of carbonyl (C=O) groups is 4. The lowest BCUT2D eigenvalue weighted by Gasteiger charge is -2.21. The normalized spacial score (nSPS) is 14.0. The second-order valence-corrected chi connectivity index (χ2v) is 34.4. The van der Waals surface area contributed by atoms with Gasteiger partial charge in [0.15, 0.2) is 12.2 Å². The van der Waals surface area contributed by atoms with Crippen molar-refractivity contribution in [2.75, 3.05) is 39.6 Å². The number of rotatable bonds is 87. The molecule has 0 heterocycles. The fourth-order valence-electron chi connectivity index (χ4n) is 13.6. The first kappa shape index (κ1) is 104. The molecule has 0 amide bonds. The van der Waals surface area contributed by atoms with Crippen molar-refractivity contribution in [2.24, 2.45) is 5.92 Å².